The number of unbranched alkanes of at least 4 members (excludes halogenated alkanes) is 1. The molecule has 14 heavy (non-hydrogen) atoms. The van der Waals surface area contributed by atoms with Crippen molar-refractivity contribution in [2.24, 2.45) is 11.8 Å². The zero-order valence-corrected chi connectivity index (χ0v) is 9.66. The summed E-state index contributed by atoms with van der Waals surface area (Å²) in [6, 6.07) is 2.92. The first-order valence-electron chi connectivity index (χ1n) is 5.76. The molecule has 0 aromatic rings. The van der Waals surface area contributed by atoms with Crippen LogP contribution >= 0.6 is 0 Å². The van der Waals surface area contributed by atoms with E-state index >= 15 is 0 Å². The Morgan fingerprint density at radius 1 is 1.36 bits per heavy atom. The molecule has 80 valence electrons. The Kier molecular flexibility index (Phi) is 4.41. The lowest BCUT2D eigenvalue weighted by Crippen LogP contribution is -2.45. The first kappa shape index (κ1) is 11.5. The van der Waals surface area contributed by atoms with Crippen LogP contribution in [-0.4, -0.2) is 24.0 Å². The van der Waals surface area contributed by atoms with E-state index in [2.05, 4.69) is 31.7 Å². The first-order valence-corrected chi connectivity index (χ1v) is 5.76. The average molecular weight is 194 g/mol. The first-order chi connectivity index (χ1) is 6.65. The molecule has 0 saturated carbocycles. The molecular formula is C12H22N2. The number of piperidine rings is 1. The molecule has 1 rings (SSSR count). The highest BCUT2D eigenvalue weighted by atomic mass is 15.2. The molecule has 0 spiro atoms. The Bertz CT molecular complexity index is 207. The lowest BCUT2D eigenvalue weighted by atomic mass is 9.86. The molecule has 0 aromatic carbocycles. The highest BCUT2D eigenvalue weighted by Gasteiger charge is 2.27. The summed E-state index contributed by atoms with van der Waals surface area (Å²) in [5.41, 5.74) is 0. The summed E-state index contributed by atoms with van der Waals surface area (Å²) < 4.78 is 0. The lowest BCUT2D eigenvalue weighted by Gasteiger charge is -2.41. The van der Waals surface area contributed by atoms with E-state index in [1.807, 2.05) is 0 Å². The van der Waals surface area contributed by atoms with E-state index in [9.17, 15) is 0 Å². The number of nitriles is 1. The lowest BCUT2D eigenvalue weighted by molar-refractivity contribution is 0.0791. The van der Waals surface area contributed by atoms with Crippen LogP contribution in [0.2, 0.25) is 0 Å². The fraction of sp³-hybridized carbons (Fsp3) is 0.917. The van der Waals surface area contributed by atoms with Gasteiger partial charge < -0.3 is 4.90 Å². The number of nitrogens with zero attached hydrogens (tertiary/aromatic N) is 2. The summed E-state index contributed by atoms with van der Waals surface area (Å²) in [7, 11) is 0. The predicted molar refractivity (Wildman–Crippen MR) is 58.8 cm³/mol. The largest absolute Gasteiger partial charge is 0.300 e. The van der Waals surface area contributed by atoms with Crippen LogP contribution in [0, 0.1) is 23.2 Å². The zero-order valence-electron chi connectivity index (χ0n) is 9.66. The van der Waals surface area contributed by atoms with E-state index in [-0.39, 0.29) is 0 Å². The van der Waals surface area contributed by atoms with Crippen molar-refractivity contribution in [2.75, 3.05) is 13.1 Å². The molecule has 0 radical (unpaired) electrons. The van der Waals surface area contributed by atoms with E-state index < -0.39 is 0 Å². The summed E-state index contributed by atoms with van der Waals surface area (Å²) in [6.45, 7) is 9.32. The number of rotatable bonds is 3. The molecule has 0 N–H and O–H groups in total. The van der Waals surface area contributed by atoms with Gasteiger partial charge in [0.2, 0.25) is 0 Å². The quantitative estimate of drug-likeness (QED) is 0.646. The second kappa shape index (κ2) is 5.36. The molecule has 1 heterocycles. The van der Waals surface area contributed by atoms with Gasteiger partial charge in [-0.25, -0.2) is 0 Å². The van der Waals surface area contributed by atoms with Gasteiger partial charge in [-0.1, -0.05) is 13.8 Å². The number of hydrogen-bond donors (Lipinski definition) is 0. The third-order valence-electron chi connectivity index (χ3n) is 3.45. The minimum Gasteiger partial charge on any atom is -0.300 e. The molecule has 2 heteroatoms. The van der Waals surface area contributed by atoms with Gasteiger partial charge in [0, 0.05) is 19.0 Å². The molecule has 0 aromatic heterocycles. The number of hydrogen-bond acceptors (Lipinski definition) is 2. The number of likely N-dealkylation sites (tertiary alicyclic amines) is 1. The van der Waals surface area contributed by atoms with E-state index in [1.54, 1.807) is 0 Å². The van der Waals surface area contributed by atoms with Crippen molar-refractivity contribution in [2.45, 2.75) is 46.1 Å². The van der Waals surface area contributed by atoms with Crippen LogP contribution in [0.15, 0.2) is 0 Å². The van der Waals surface area contributed by atoms with Gasteiger partial charge in [-0.05, 0) is 38.1 Å². The Labute approximate surface area is 87.9 Å². The molecule has 0 aliphatic carbocycles. The molecular weight excluding hydrogens is 172 g/mol. The standard InChI is InChI=1S/C12H22N2/c1-10-8-11(2)12(3)14(9-10)7-5-4-6-13/h10-12H,4-5,7-9H2,1-3H3. The van der Waals surface area contributed by atoms with Gasteiger partial charge >= 0.3 is 0 Å². The summed E-state index contributed by atoms with van der Waals surface area (Å²) in [4.78, 5) is 2.55. The van der Waals surface area contributed by atoms with Crippen molar-refractivity contribution in [3.63, 3.8) is 0 Å². The van der Waals surface area contributed by atoms with E-state index in [1.165, 1.54) is 13.0 Å². The monoisotopic (exact) mass is 194 g/mol. The predicted octanol–water partition coefficient (Wildman–Crippen LogP) is 2.66. The van der Waals surface area contributed by atoms with Crippen molar-refractivity contribution in [3.8, 4) is 6.07 Å². The average Bonchev–Trinajstić information content (AvgIpc) is 2.13. The van der Waals surface area contributed by atoms with Crippen molar-refractivity contribution < 1.29 is 0 Å². The van der Waals surface area contributed by atoms with Crippen LogP contribution in [0.5, 0.6) is 0 Å². The molecule has 1 aliphatic heterocycles. The van der Waals surface area contributed by atoms with Gasteiger partial charge in [-0.3, -0.25) is 0 Å². The summed E-state index contributed by atoms with van der Waals surface area (Å²) in [6.07, 6.45) is 3.09. The molecule has 0 amide bonds. The molecule has 0 bridgehead atoms. The zero-order chi connectivity index (χ0) is 10.6. The minimum atomic E-state index is 0.699. The Morgan fingerprint density at radius 2 is 2.07 bits per heavy atom. The summed E-state index contributed by atoms with van der Waals surface area (Å²) in [5, 5.41) is 8.50. The molecule has 1 aliphatic rings. The van der Waals surface area contributed by atoms with Crippen molar-refractivity contribution >= 4 is 0 Å². The van der Waals surface area contributed by atoms with Crippen LogP contribution < -0.4 is 0 Å². The van der Waals surface area contributed by atoms with E-state index in [0.717, 1.165) is 24.8 Å². The normalized spacial score (nSPS) is 34.0. The third kappa shape index (κ3) is 2.99. The van der Waals surface area contributed by atoms with Crippen molar-refractivity contribution in [3.05, 3.63) is 0 Å². The maximum atomic E-state index is 8.50. The highest BCUT2D eigenvalue weighted by molar-refractivity contribution is 4.82. The van der Waals surface area contributed by atoms with Crippen LogP contribution in [0.25, 0.3) is 0 Å². The maximum Gasteiger partial charge on any atom is 0.0622 e. The van der Waals surface area contributed by atoms with Gasteiger partial charge in [0.15, 0.2) is 0 Å². The van der Waals surface area contributed by atoms with Gasteiger partial charge in [0.05, 0.1) is 6.07 Å². The van der Waals surface area contributed by atoms with Crippen molar-refractivity contribution in [1.82, 2.24) is 4.90 Å². The SMILES string of the molecule is CC1CC(C)C(C)N(CCCC#N)C1. The van der Waals surface area contributed by atoms with Gasteiger partial charge in [0.25, 0.3) is 0 Å². The Balaban J connectivity index is 2.38. The van der Waals surface area contributed by atoms with E-state index in [4.69, 9.17) is 5.26 Å². The Hall–Kier alpha value is -0.550. The van der Waals surface area contributed by atoms with Crippen LogP contribution in [0.3, 0.4) is 0 Å². The van der Waals surface area contributed by atoms with Crippen LogP contribution in [0.4, 0.5) is 0 Å². The second-order valence-electron chi connectivity index (χ2n) is 4.82. The topological polar surface area (TPSA) is 27.0 Å². The smallest absolute Gasteiger partial charge is 0.0622 e. The summed E-state index contributed by atoms with van der Waals surface area (Å²) >= 11 is 0. The second-order valence-corrected chi connectivity index (χ2v) is 4.82. The maximum absolute atomic E-state index is 8.50. The fourth-order valence-electron chi connectivity index (χ4n) is 2.49. The highest BCUT2D eigenvalue weighted by Crippen LogP contribution is 2.26. The van der Waals surface area contributed by atoms with Crippen LogP contribution in [-0.2, 0) is 0 Å². The molecule has 2 nitrogen and oxygen atoms in total. The van der Waals surface area contributed by atoms with Gasteiger partial charge in [-0.15, -0.1) is 0 Å². The van der Waals surface area contributed by atoms with Gasteiger partial charge in [-0.2, -0.15) is 5.26 Å². The fourth-order valence-corrected chi connectivity index (χ4v) is 2.49. The van der Waals surface area contributed by atoms with Crippen LogP contribution in [0.1, 0.15) is 40.0 Å². The minimum absolute atomic E-state index is 0.699. The van der Waals surface area contributed by atoms with Gasteiger partial charge in [0.1, 0.15) is 0 Å². The molecule has 3 unspecified atom stereocenters. The molecule has 1 fully saturated rings. The molecule has 3 atom stereocenters. The molecule has 1 saturated heterocycles. The van der Waals surface area contributed by atoms with E-state index in [0.29, 0.717) is 12.5 Å². The van der Waals surface area contributed by atoms with Crippen molar-refractivity contribution in [1.29, 1.82) is 5.26 Å². The summed E-state index contributed by atoms with van der Waals surface area (Å²) in [5.74, 6) is 1.63. The Morgan fingerprint density at radius 3 is 2.71 bits per heavy atom. The third-order valence-corrected chi connectivity index (χ3v) is 3.45.